The number of nitrogens with zero attached hydrogens (tertiary/aromatic N) is 1. The minimum absolute atomic E-state index is 0. The summed E-state index contributed by atoms with van der Waals surface area (Å²) in [4.78, 5) is 1.98. The van der Waals surface area contributed by atoms with E-state index in [9.17, 15) is 4.21 Å². The summed E-state index contributed by atoms with van der Waals surface area (Å²) < 4.78 is 20.0. The van der Waals surface area contributed by atoms with E-state index in [1.54, 1.807) is 0 Å². The highest BCUT2D eigenvalue weighted by Gasteiger charge is 2.20. The lowest BCUT2D eigenvalue weighted by atomic mass is 10.3. The number of likely N-dealkylation sites (N-methyl/N-ethyl adjacent to an activating group) is 1. The largest absolute Gasteiger partial charge is 0.304 e. The second kappa shape index (κ2) is 5.05. The van der Waals surface area contributed by atoms with Crippen molar-refractivity contribution in [1.82, 2.24) is 4.90 Å². The molecule has 1 saturated heterocycles. The Morgan fingerprint density at radius 3 is 2.18 bits per heavy atom. The molecule has 0 aliphatic carbocycles. The summed E-state index contributed by atoms with van der Waals surface area (Å²) in [6.07, 6.45) is 0. The summed E-state index contributed by atoms with van der Waals surface area (Å²) in [5.41, 5.74) is 0. The van der Waals surface area contributed by atoms with Crippen molar-refractivity contribution in [3.63, 3.8) is 0 Å². The Labute approximate surface area is 75.1 Å². The molecule has 0 spiro atoms. The van der Waals surface area contributed by atoms with Crippen LogP contribution in [0.1, 0.15) is 0 Å². The van der Waals surface area contributed by atoms with Crippen LogP contribution in [0.15, 0.2) is 0 Å². The molecule has 68 valence electrons. The van der Waals surface area contributed by atoms with Gasteiger partial charge in [-0.15, -0.1) is 12.4 Å². The Bertz CT molecular complexity index is 134. The van der Waals surface area contributed by atoms with E-state index in [0.29, 0.717) is 13.2 Å². The van der Waals surface area contributed by atoms with Crippen molar-refractivity contribution in [3.05, 3.63) is 0 Å². The third-order valence-corrected chi connectivity index (χ3v) is 2.10. The molecule has 11 heavy (non-hydrogen) atoms. The average molecular weight is 202 g/mol. The molecular formula is C5H12ClNO3S. The highest BCUT2D eigenvalue weighted by atomic mass is 35.5. The molecule has 0 aromatic carbocycles. The first-order chi connectivity index (χ1) is 4.70. The van der Waals surface area contributed by atoms with E-state index in [2.05, 4.69) is 0 Å². The third-order valence-electron chi connectivity index (χ3n) is 1.44. The summed E-state index contributed by atoms with van der Waals surface area (Å²) >= 11 is -1.50. The lowest BCUT2D eigenvalue weighted by Gasteiger charge is -2.26. The van der Waals surface area contributed by atoms with Gasteiger partial charge in [0.15, 0.2) is 0 Å². The van der Waals surface area contributed by atoms with Crippen LogP contribution in [-0.4, -0.2) is 42.5 Å². The molecule has 1 rings (SSSR count). The zero-order valence-electron chi connectivity index (χ0n) is 6.48. The van der Waals surface area contributed by atoms with Gasteiger partial charge >= 0.3 is 11.4 Å². The van der Waals surface area contributed by atoms with Crippen molar-refractivity contribution in [2.45, 2.75) is 6.04 Å². The van der Waals surface area contributed by atoms with Crippen molar-refractivity contribution in [2.24, 2.45) is 0 Å². The lowest BCUT2D eigenvalue weighted by Crippen LogP contribution is -2.40. The third kappa shape index (κ3) is 3.48. The first-order valence-electron chi connectivity index (χ1n) is 3.05. The molecule has 0 radical (unpaired) electrons. The quantitative estimate of drug-likeness (QED) is 0.597. The molecular weight excluding hydrogens is 190 g/mol. The monoisotopic (exact) mass is 201 g/mol. The molecule has 0 N–H and O–H groups in total. The fourth-order valence-electron chi connectivity index (χ4n) is 0.648. The number of hydrogen-bond acceptors (Lipinski definition) is 4. The Kier molecular flexibility index (Phi) is 5.20. The minimum atomic E-state index is -1.50. The first-order valence-corrected chi connectivity index (χ1v) is 4.05. The molecule has 0 saturated carbocycles. The highest BCUT2D eigenvalue weighted by molar-refractivity contribution is 7.75. The number of rotatable bonds is 1. The maximum atomic E-state index is 10.5. The molecule has 0 unspecified atom stereocenters. The van der Waals surface area contributed by atoms with E-state index in [-0.39, 0.29) is 18.4 Å². The maximum absolute atomic E-state index is 10.5. The molecule has 0 aromatic heterocycles. The average Bonchev–Trinajstić information content (AvgIpc) is 1.88. The topological polar surface area (TPSA) is 38.8 Å². The normalized spacial score (nSPS) is 31.5. The van der Waals surface area contributed by atoms with Crippen LogP contribution >= 0.6 is 12.4 Å². The zero-order valence-corrected chi connectivity index (χ0v) is 8.11. The second-order valence-electron chi connectivity index (χ2n) is 2.39. The molecule has 1 fully saturated rings. The van der Waals surface area contributed by atoms with Gasteiger partial charge in [-0.25, -0.2) is 0 Å². The van der Waals surface area contributed by atoms with Gasteiger partial charge in [0, 0.05) is 0 Å². The van der Waals surface area contributed by atoms with Gasteiger partial charge in [0.1, 0.15) is 0 Å². The molecule has 1 aliphatic heterocycles. The van der Waals surface area contributed by atoms with Crippen LogP contribution in [0.3, 0.4) is 0 Å². The van der Waals surface area contributed by atoms with Crippen LogP contribution in [0.25, 0.3) is 0 Å². The van der Waals surface area contributed by atoms with Gasteiger partial charge in [0.2, 0.25) is 0 Å². The Hall–Kier alpha value is 0.320. The van der Waals surface area contributed by atoms with Gasteiger partial charge in [-0.3, -0.25) is 8.37 Å². The van der Waals surface area contributed by atoms with Gasteiger partial charge in [-0.2, -0.15) is 4.21 Å². The summed E-state index contributed by atoms with van der Waals surface area (Å²) in [6.45, 7) is 0.971. The molecule has 0 bridgehead atoms. The van der Waals surface area contributed by atoms with E-state index in [1.807, 2.05) is 19.0 Å². The highest BCUT2D eigenvalue weighted by Crippen LogP contribution is 2.05. The number of halogens is 1. The van der Waals surface area contributed by atoms with Crippen LogP contribution in [0.5, 0.6) is 0 Å². The number of hydrogen-bond donors (Lipinski definition) is 0. The van der Waals surface area contributed by atoms with Gasteiger partial charge in [-0.05, 0) is 14.1 Å². The van der Waals surface area contributed by atoms with Crippen molar-refractivity contribution in [2.75, 3.05) is 27.3 Å². The second-order valence-corrected chi connectivity index (χ2v) is 3.27. The van der Waals surface area contributed by atoms with E-state index in [4.69, 9.17) is 8.37 Å². The maximum Gasteiger partial charge on any atom is 0.304 e. The molecule has 4 nitrogen and oxygen atoms in total. The van der Waals surface area contributed by atoms with Crippen LogP contribution in [0.2, 0.25) is 0 Å². The van der Waals surface area contributed by atoms with Gasteiger partial charge in [0.25, 0.3) is 0 Å². The van der Waals surface area contributed by atoms with Gasteiger partial charge in [0.05, 0.1) is 19.3 Å². The summed E-state index contributed by atoms with van der Waals surface area (Å²) in [6, 6.07) is 0.234. The van der Waals surface area contributed by atoms with Crippen LogP contribution in [-0.2, 0) is 19.7 Å². The first kappa shape index (κ1) is 11.3. The molecule has 1 heterocycles. The fourth-order valence-corrected chi connectivity index (χ4v) is 1.25. The summed E-state index contributed by atoms with van der Waals surface area (Å²) in [5, 5.41) is 0. The van der Waals surface area contributed by atoms with E-state index in [1.165, 1.54) is 0 Å². The molecule has 6 heteroatoms. The van der Waals surface area contributed by atoms with Crippen LogP contribution < -0.4 is 0 Å². The Morgan fingerprint density at radius 1 is 1.36 bits per heavy atom. The predicted molar refractivity (Wildman–Crippen MR) is 44.8 cm³/mol. The van der Waals surface area contributed by atoms with Crippen molar-refractivity contribution in [1.29, 1.82) is 0 Å². The molecule has 0 aromatic rings. The van der Waals surface area contributed by atoms with Gasteiger partial charge in [-0.1, -0.05) is 0 Å². The van der Waals surface area contributed by atoms with Crippen molar-refractivity contribution in [3.8, 4) is 0 Å². The van der Waals surface area contributed by atoms with Crippen molar-refractivity contribution < 1.29 is 12.6 Å². The fraction of sp³-hybridized carbons (Fsp3) is 1.00. The van der Waals surface area contributed by atoms with E-state index >= 15 is 0 Å². The van der Waals surface area contributed by atoms with Crippen LogP contribution in [0.4, 0.5) is 0 Å². The van der Waals surface area contributed by atoms with Gasteiger partial charge < -0.3 is 4.90 Å². The standard InChI is InChI=1S/C5H11NO3S.ClH/c1-6(2)5-3-8-10(7)9-4-5;/h5H,3-4H2,1-2H3;1H. The zero-order chi connectivity index (χ0) is 7.56. The van der Waals surface area contributed by atoms with E-state index in [0.717, 1.165) is 0 Å². The van der Waals surface area contributed by atoms with Crippen molar-refractivity contribution >= 4 is 23.8 Å². The predicted octanol–water partition coefficient (Wildman–Crippen LogP) is -0.0361. The van der Waals surface area contributed by atoms with Crippen LogP contribution in [0, 0.1) is 0 Å². The molecule has 0 amide bonds. The van der Waals surface area contributed by atoms with E-state index < -0.39 is 11.4 Å². The Balaban J connectivity index is 0.000001000. The lowest BCUT2D eigenvalue weighted by molar-refractivity contribution is 0.0897. The summed E-state index contributed by atoms with van der Waals surface area (Å²) in [5.74, 6) is 0. The minimum Gasteiger partial charge on any atom is -0.302 e. The molecule has 0 atom stereocenters. The molecule has 1 aliphatic rings. The SMILES string of the molecule is CN(C)C1COS(=O)OC1.Cl. The Morgan fingerprint density at radius 2 is 1.82 bits per heavy atom. The smallest absolute Gasteiger partial charge is 0.302 e. The summed E-state index contributed by atoms with van der Waals surface area (Å²) in [7, 11) is 3.87.